The van der Waals surface area contributed by atoms with E-state index < -0.39 is 0 Å². The number of anilines is 2. The van der Waals surface area contributed by atoms with Crippen LogP contribution in [0.2, 0.25) is 0 Å². The number of hydrogen-bond donors (Lipinski definition) is 3. The smallest absolute Gasteiger partial charge is 0.224 e. The van der Waals surface area contributed by atoms with Crippen molar-refractivity contribution < 1.29 is 4.79 Å². The Kier molecular flexibility index (Phi) is 11.8. The van der Waals surface area contributed by atoms with E-state index in [9.17, 15) is 4.79 Å². The zero-order valence-corrected chi connectivity index (χ0v) is 16.1. The second-order valence-electron chi connectivity index (χ2n) is 6.02. The molecule has 138 valence electrons. The highest BCUT2D eigenvalue weighted by Gasteiger charge is 2.17. The molecule has 5 nitrogen and oxygen atoms in total. The van der Waals surface area contributed by atoms with Gasteiger partial charge in [0.15, 0.2) is 0 Å². The molecule has 0 aromatic heterocycles. The first-order chi connectivity index (χ1) is 10.7. The molecule has 0 unspecified atom stereocenters. The van der Waals surface area contributed by atoms with E-state index in [1.165, 1.54) is 0 Å². The van der Waals surface area contributed by atoms with Crippen molar-refractivity contribution in [1.29, 1.82) is 0 Å². The summed E-state index contributed by atoms with van der Waals surface area (Å²) in [6.07, 6.45) is 3.68. The number of nitrogens with zero attached hydrogens (tertiary/aromatic N) is 1. The van der Waals surface area contributed by atoms with Crippen LogP contribution in [0.5, 0.6) is 0 Å². The molecule has 2 rings (SSSR count). The van der Waals surface area contributed by atoms with Crippen LogP contribution in [0.4, 0.5) is 11.4 Å². The molecule has 0 radical (unpaired) electrons. The minimum atomic E-state index is 0. The highest BCUT2D eigenvalue weighted by atomic mass is 35.5. The van der Waals surface area contributed by atoms with Crippen molar-refractivity contribution in [3.63, 3.8) is 0 Å². The van der Waals surface area contributed by atoms with Crippen molar-refractivity contribution in [2.24, 2.45) is 0 Å². The third-order valence-corrected chi connectivity index (χ3v) is 4.11. The van der Waals surface area contributed by atoms with Gasteiger partial charge in [-0.15, -0.1) is 24.8 Å². The minimum Gasteiger partial charge on any atom is -0.381 e. The lowest BCUT2D eigenvalue weighted by Gasteiger charge is -2.30. The number of piperidine rings is 1. The van der Waals surface area contributed by atoms with Crippen LogP contribution >= 0.6 is 24.8 Å². The van der Waals surface area contributed by atoms with Crippen LogP contribution in [0, 0.1) is 0 Å². The fourth-order valence-corrected chi connectivity index (χ4v) is 2.73. The highest BCUT2D eigenvalue weighted by molar-refractivity contribution is 5.94. The Morgan fingerprint density at radius 2 is 1.79 bits per heavy atom. The Bertz CT molecular complexity index is 479. The quantitative estimate of drug-likeness (QED) is 0.640. The fourth-order valence-electron chi connectivity index (χ4n) is 2.73. The third-order valence-electron chi connectivity index (χ3n) is 4.11. The normalized spacial score (nSPS) is 15.1. The van der Waals surface area contributed by atoms with E-state index in [2.05, 4.69) is 27.9 Å². The summed E-state index contributed by atoms with van der Waals surface area (Å²) < 4.78 is 0. The van der Waals surface area contributed by atoms with Crippen LogP contribution in [0.15, 0.2) is 24.3 Å². The molecule has 1 aliphatic heterocycles. The second kappa shape index (κ2) is 12.4. The maximum absolute atomic E-state index is 12.0. The van der Waals surface area contributed by atoms with Gasteiger partial charge in [0.2, 0.25) is 5.91 Å². The number of amides is 1. The topological polar surface area (TPSA) is 56.4 Å². The van der Waals surface area contributed by atoms with Crippen LogP contribution in [0.25, 0.3) is 0 Å². The SMILES string of the molecule is CNCCCC(=O)Nc1ccccc1NC1CCN(C)CC1.Cl.Cl. The molecule has 1 aliphatic rings. The molecule has 7 heteroatoms. The Labute approximate surface area is 157 Å². The summed E-state index contributed by atoms with van der Waals surface area (Å²) in [6.45, 7) is 3.11. The maximum Gasteiger partial charge on any atom is 0.224 e. The Balaban J connectivity index is 0.00000264. The van der Waals surface area contributed by atoms with Gasteiger partial charge in [0.25, 0.3) is 0 Å². The predicted octanol–water partition coefficient (Wildman–Crippen LogP) is 2.97. The van der Waals surface area contributed by atoms with E-state index >= 15 is 0 Å². The number of carbonyl (C=O) groups excluding carboxylic acids is 1. The van der Waals surface area contributed by atoms with Crippen LogP contribution < -0.4 is 16.0 Å². The number of nitrogens with one attached hydrogen (secondary N) is 3. The standard InChI is InChI=1S/C17H28N4O.2ClH/c1-18-11-5-8-17(22)20-16-7-4-3-6-15(16)19-14-9-12-21(2)13-10-14;;/h3-4,6-7,14,18-19H,5,8-13H2,1-2H3,(H,20,22);2*1H. The van der Waals surface area contributed by atoms with E-state index in [1.807, 2.05) is 31.3 Å². The van der Waals surface area contributed by atoms with Crippen molar-refractivity contribution in [2.45, 2.75) is 31.7 Å². The Morgan fingerprint density at radius 3 is 2.42 bits per heavy atom. The predicted molar refractivity (Wildman–Crippen MR) is 107 cm³/mol. The molecular weight excluding hydrogens is 347 g/mol. The zero-order chi connectivity index (χ0) is 15.8. The van der Waals surface area contributed by atoms with Gasteiger partial charge in [-0.25, -0.2) is 0 Å². The van der Waals surface area contributed by atoms with Gasteiger partial charge >= 0.3 is 0 Å². The highest BCUT2D eigenvalue weighted by Crippen LogP contribution is 2.24. The van der Waals surface area contributed by atoms with Gasteiger partial charge in [-0.3, -0.25) is 4.79 Å². The summed E-state index contributed by atoms with van der Waals surface area (Å²) in [5.74, 6) is 0.0767. The number of hydrogen-bond acceptors (Lipinski definition) is 4. The van der Waals surface area contributed by atoms with Crippen molar-refractivity contribution in [2.75, 3.05) is 44.4 Å². The maximum atomic E-state index is 12.0. The van der Waals surface area contributed by atoms with E-state index in [4.69, 9.17) is 0 Å². The molecule has 0 atom stereocenters. The molecule has 0 aliphatic carbocycles. The third kappa shape index (κ3) is 7.71. The lowest BCUT2D eigenvalue weighted by molar-refractivity contribution is -0.116. The largest absolute Gasteiger partial charge is 0.381 e. The van der Waals surface area contributed by atoms with Gasteiger partial charge in [0.05, 0.1) is 11.4 Å². The summed E-state index contributed by atoms with van der Waals surface area (Å²) in [5.41, 5.74) is 1.91. The number of halogens is 2. The van der Waals surface area contributed by atoms with Crippen molar-refractivity contribution >= 4 is 42.1 Å². The van der Waals surface area contributed by atoms with E-state index in [-0.39, 0.29) is 30.7 Å². The number of rotatable bonds is 7. The molecule has 1 aromatic carbocycles. The molecule has 3 N–H and O–H groups in total. The van der Waals surface area contributed by atoms with Gasteiger partial charge in [0, 0.05) is 12.5 Å². The molecule has 24 heavy (non-hydrogen) atoms. The minimum absolute atomic E-state index is 0. The van der Waals surface area contributed by atoms with Crippen LogP contribution in [-0.4, -0.2) is 50.6 Å². The summed E-state index contributed by atoms with van der Waals surface area (Å²) >= 11 is 0. The van der Waals surface area contributed by atoms with Crippen LogP contribution in [0.1, 0.15) is 25.7 Å². The van der Waals surface area contributed by atoms with Gasteiger partial charge in [0.1, 0.15) is 0 Å². The summed E-state index contributed by atoms with van der Waals surface area (Å²) in [5, 5.41) is 9.68. The monoisotopic (exact) mass is 376 g/mol. The first-order valence-corrected chi connectivity index (χ1v) is 8.17. The summed E-state index contributed by atoms with van der Waals surface area (Å²) in [4.78, 5) is 14.4. The molecule has 1 aromatic rings. The molecule has 1 fully saturated rings. The van der Waals surface area contributed by atoms with E-state index in [1.54, 1.807) is 0 Å². The average Bonchev–Trinajstić information content (AvgIpc) is 2.52. The lowest BCUT2D eigenvalue weighted by Crippen LogP contribution is -2.36. The van der Waals surface area contributed by atoms with Gasteiger partial charge < -0.3 is 20.9 Å². The number of likely N-dealkylation sites (tertiary alicyclic amines) is 1. The van der Waals surface area contributed by atoms with Gasteiger partial charge in [-0.1, -0.05) is 12.1 Å². The Morgan fingerprint density at radius 1 is 1.17 bits per heavy atom. The van der Waals surface area contributed by atoms with E-state index in [0.717, 1.165) is 50.3 Å². The first kappa shape index (κ1) is 23.0. The van der Waals surface area contributed by atoms with Gasteiger partial charge in [-0.2, -0.15) is 0 Å². The lowest BCUT2D eigenvalue weighted by atomic mass is 10.0. The number of benzene rings is 1. The average molecular weight is 377 g/mol. The van der Waals surface area contributed by atoms with Crippen LogP contribution in [0.3, 0.4) is 0 Å². The van der Waals surface area contributed by atoms with E-state index in [0.29, 0.717) is 12.5 Å². The van der Waals surface area contributed by atoms with Gasteiger partial charge in [-0.05, 0) is 65.1 Å². The molecule has 1 heterocycles. The molecule has 0 spiro atoms. The molecule has 1 amide bonds. The molecule has 1 saturated heterocycles. The van der Waals surface area contributed by atoms with Crippen molar-refractivity contribution in [3.05, 3.63) is 24.3 Å². The molecule has 0 bridgehead atoms. The Hall–Kier alpha value is -1.01. The zero-order valence-electron chi connectivity index (χ0n) is 14.5. The first-order valence-electron chi connectivity index (χ1n) is 8.17. The molecule has 0 saturated carbocycles. The summed E-state index contributed by atoms with van der Waals surface area (Å²) in [6, 6.07) is 8.46. The number of para-hydroxylation sites is 2. The van der Waals surface area contributed by atoms with Crippen molar-refractivity contribution in [3.8, 4) is 0 Å². The molecular formula is C17H30Cl2N4O. The fraction of sp³-hybridized carbons (Fsp3) is 0.588. The summed E-state index contributed by atoms with van der Waals surface area (Å²) in [7, 11) is 4.06. The van der Waals surface area contributed by atoms with Crippen LogP contribution in [-0.2, 0) is 4.79 Å². The van der Waals surface area contributed by atoms with Crippen molar-refractivity contribution in [1.82, 2.24) is 10.2 Å². The number of carbonyl (C=O) groups is 1. The second-order valence-corrected chi connectivity index (χ2v) is 6.02.